The Morgan fingerprint density at radius 1 is 1.42 bits per heavy atom. The summed E-state index contributed by atoms with van der Waals surface area (Å²) in [7, 11) is -2.99. The van der Waals surface area contributed by atoms with Gasteiger partial charge in [-0.3, -0.25) is 14.3 Å². The first-order chi connectivity index (χ1) is 10.6. The van der Waals surface area contributed by atoms with E-state index in [0.29, 0.717) is 0 Å². The molecule has 2 aromatic rings. The van der Waals surface area contributed by atoms with Gasteiger partial charge in [0.1, 0.15) is 10.5 Å². The molecule has 0 amide bonds. The van der Waals surface area contributed by atoms with Gasteiger partial charge in [0.2, 0.25) is 10.0 Å². The summed E-state index contributed by atoms with van der Waals surface area (Å²) in [4.78, 5) is 28.4. The lowest BCUT2D eigenvalue weighted by molar-refractivity contribution is 0.0170. The molecule has 0 aliphatic rings. The zero-order valence-corrected chi connectivity index (χ0v) is 13.9. The lowest BCUT2D eigenvalue weighted by atomic mass is 10.3. The molecule has 0 saturated carbocycles. The first kappa shape index (κ1) is 20.2. The molecule has 9 nitrogen and oxygen atoms in total. The molecule has 4 N–H and O–H groups in total. The third-order valence-electron chi connectivity index (χ3n) is 3.06. The summed E-state index contributed by atoms with van der Waals surface area (Å²) in [5, 5.41) is -0.166. The molecule has 0 atom stereocenters. The van der Waals surface area contributed by atoms with Crippen molar-refractivity contribution in [2.45, 2.75) is 10.8 Å². The van der Waals surface area contributed by atoms with Gasteiger partial charge in [0, 0.05) is 13.2 Å². The van der Waals surface area contributed by atoms with Gasteiger partial charge in [-0.05, 0) is 6.07 Å². The monoisotopic (exact) mass is 385 g/mol. The number of halogens is 3. The Hall–Kier alpha value is -1.89. The SMILES string of the molecule is Cl.Cn1c(=O)[nH]c(=O)c2cc(S(=O)(=O)NCC(F)(F)CN)cnc21. The van der Waals surface area contributed by atoms with Crippen LogP contribution in [-0.2, 0) is 17.1 Å². The molecule has 0 aliphatic heterocycles. The Balaban J connectivity index is 0.00000288. The van der Waals surface area contributed by atoms with Crippen molar-refractivity contribution in [1.82, 2.24) is 19.3 Å². The van der Waals surface area contributed by atoms with E-state index in [1.807, 2.05) is 4.98 Å². The molecule has 2 heterocycles. The molecule has 0 unspecified atom stereocenters. The maximum Gasteiger partial charge on any atom is 0.329 e. The van der Waals surface area contributed by atoms with Crippen LogP contribution in [0.1, 0.15) is 0 Å². The fraction of sp³-hybridized carbons (Fsp3) is 0.364. The number of hydrogen-bond acceptors (Lipinski definition) is 6. The molecular weight excluding hydrogens is 372 g/mol. The highest BCUT2D eigenvalue weighted by Gasteiger charge is 2.29. The molecule has 0 aliphatic carbocycles. The molecular formula is C11H14ClF2N5O4S. The van der Waals surface area contributed by atoms with Gasteiger partial charge >= 0.3 is 5.69 Å². The standard InChI is InChI=1S/C11H13F2N5O4S.ClH/c1-18-8-7(9(19)17-10(18)20)2-6(3-15-8)23(21,22)16-5-11(12,13)4-14;/h2-3,16H,4-5,14H2,1H3,(H,17,19,20);1H. The lowest BCUT2D eigenvalue weighted by Gasteiger charge is -2.14. The second-order valence-corrected chi connectivity index (χ2v) is 6.51. The van der Waals surface area contributed by atoms with Crippen molar-refractivity contribution in [2.75, 3.05) is 13.1 Å². The van der Waals surface area contributed by atoms with Crippen LogP contribution in [0.4, 0.5) is 8.78 Å². The largest absolute Gasteiger partial charge is 0.329 e. The number of H-pyrrole nitrogens is 1. The number of alkyl halides is 2. The van der Waals surface area contributed by atoms with Gasteiger partial charge in [0.15, 0.2) is 0 Å². The van der Waals surface area contributed by atoms with Gasteiger partial charge in [0.25, 0.3) is 11.5 Å². The number of nitrogens with zero attached hydrogens (tertiary/aromatic N) is 2. The number of nitrogens with one attached hydrogen (secondary N) is 2. The summed E-state index contributed by atoms with van der Waals surface area (Å²) in [6, 6.07) is 0.948. The van der Waals surface area contributed by atoms with Gasteiger partial charge in [-0.15, -0.1) is 12.4 Å². The van der Waals surface area contributed by atoms with Gasteiger partial charge in [-0.2, -0.15) is 0 Å². The fourth-order valence-corrected chi connectivity index (χ4v) is 2.75. The van der Waals surface area contributed by atoms with E-state index < -0.39 is 45.2 Å². The highest BCUT2D eigenvalue weighted by Crippen LogP contribution is 2.14. The summed E-state index contributed by atoms with van der Waals surface area (Å²) in [6.07, 6.45) is 0.865. The number of rotatable bonds is 5. The predicted molar refractivity (Wildman–Crippen MR) is 84.0 cm³/mol. The zero-order chi connectivity index (χ0) is 17.4. The minimum atomic E-state index is -4.32. The van der Waals surface area contributed by atoms with Crippen LogP contribution < -0.4 is 21.7 Å². The number of pyridine rings is 1. The molecule has 0 spiro atoms. The number of sulfonamides is 1. The Morgan fingerprint density at radius 3 is 2.62 bits per heavy atom. The highest BCUT2D eigenvalue weighted by atomic mass is 35.5. The fourth-order valence-electron chi connectivity index (χ4n) is 1.72. The van der Waals surface area contributed by atoms with E-state index in [4.69, 9.17) is 5.73 Å². The molecule has 13 heteroatoms. The minimum Gasteiger partial charge on any atom is -0.325 e. The topological polar surface area (TPSA) is 140 Å². The van der Waals surface area contributed by atoms with Crippen molar-refractivity contribution in [3.63, 3.8) is 0 Å². The summed E-state index contributed by atoms with van der Waals surface area (Å²) in [5.74, 6) is -3.40. The summed E-state index contributed by atoms with van der Waals surface area (Å²) in [6.45, 7) is -2.21. The normalized spacial score (nSPS) is 12.2. The number of hydrogen-bond donors (Lipinski definition) is 3. The van der Waals surface area contributed by atoms with Gasteiger partial charge in [0.05, 0.1) is 18.5 Å². The smallest absolute Gasteiger partial charge is 0.325 e. The first-order valence-corrected chi connectivity index (χ1v) is 7.72. The second-order valence-electron chi connectivity index (χ2n) is 4.75. The minimum absolute atomic E-state index is 0. The zero-order valence-electron chi connectivity index (χ0n) is 12.2. The van der Waals surface area contributed by atoms with Crippen LogP contribution in [0.25, 0.3) is 11.0 Å². The van der Waals surface area contributed by atoms with Crippen molar-refractivity contribution in [2.24, 2.45) is 12.8 Å². The van der Waals surface area contributed by atoms with E-state index in [2.05, 4.69) is 4.98 Å². The van der Waals surface area contributed by atoms with Crippen LogP contribution in [0.5, 0.6) is 0 Å². The Kier molecular flexibility index (Phi) is 5.82. The van der Waals surface area contributed by atoms with Crippen molar-refractivity contribution in [1.29, 1.82) is 0 Å². The molecule has 2 aromatic heterocycles. The number of nitrogens with two attached hydrogens (primary N) is 1. The number of fused-ring (bicyclic) bond motifs is 1. The number of aromatic nitrogens is 3. The van der Waals surface area contributed by atoms with E-state index in [-0.39, 0.29) is 23.4 Å². The van der Waals surface area contributed by atoms with Crippen LogP contribution in [0.15, 0.2) is 26.7 Å². The third-order valence-corrected chi connectivity index (χ3v) is 4.43. The highest BCUT2D eigenvalue weighted by molar-refractivity contribution is 7.89. The van der Waals surface area contributed by atoms with Crippen molar-refractivity contribution < 1.29 is 17.2 Å². The predicted octanol–water partition coefficient (Wildman–Crippen LogP) is -1.08. The summed E-state index contributed by atoms with van der Waals surface area (Å²) < 4.78 is 52.8. The second kappa shape index (κ2) is 6.93. The quantitative estimate of drug-likeness (QED) is 0.597. The van der Waals surface area contributed by atoms with Crippen molar-refractivity contribution in [3.05, 3.63) is 33.1 Å². The van der Waals surface area contributed by atoms with Crippen LogP contribution in [0, 0.1) is 0 Å². The van der Waals surface area contributed by atoms with E-state index in [9.17, 15) is 26.8 Å². The lowest BCUT2D eigenvalue weighted by Crippen LogP contribution is -2.41. The third kappa shape index (κ3) is 3.95. The maximum absolute atomic E-state index is 13.1. The van der Waals surface area contributed by atoms with Crippen molar-refractivity contribution >= 4 is 33.5 Å². The summed E-state index contributed by atoms with van der Waals surface area (Å²) >= 11 is 0. The Labute approximate surface area is 140 Å². The molecule has 2 rings (SSSR count). The van der Waals surface area contributed by atoms with Crippen LogP contribution >= 0.6 is 12.4 Å². The van der Waals surface area contributed by atoms with Crippen molar-refractivity contribution in [3.8, 4) is 0 Å². The molecule has 0 aromatic carbocycles. The van der Waals surface area contributed by atoms with E-state index in [0.717, 1.165) is 16.8 Å². The average Bonchev–Trinajstić information content (AvgIpc) is 2.50. The van der Waals surface area contributed by atoms with E-state index in [1.165, 1.54) is 7.05 Å². The number of aromatic amines is 1. The molecule has 24 heavy (non-hydrogen) atoms. The molecule has 0 radical (unpaired) electrons. The van der Waals surface area contributed by atoms with Crippen LogP contribution in [0.3, 0.4) is 0 Å². The maximum atomic E-state index is 13.1. The van der Waals surface area contributed by atoms with Crippen LogP contribution in [-0.4, -0.2) is 42.0 Å². The van der Waals surface area contributed by atoms with E-state index >= 15 is 0 Å². The average molecular weight is 386 g/mol. The number of aryl methyl sites for hydroxylation is 1. The van der Waals surface area contributed by atoms with Gasteiger partial charge in [-0.25, -0.2) is 31.7 Å². The molecule has 0 saturated heterocycles. The van der Waals surface area contributed by atoms with Crippen LogP contribution in [0.2, 0.25) is 0 Å². The summed E-state index contributed by atoms with van der Waals surface area (Å²) in [5.41, 5.74) is 3.24. The Bertz CT molecular complexity index is 973. The van der Waals surface area contributed by atoms with Gasteiger partial charge < -0.3 is 5.73 Å². The first-order valence-electron chi connectivity index (χ1n) is 6.24. The molecule has 134 valence electrons. The van der Waals surface area contributed by atoms with Gasteiger partial charge in [-0.1, -0.05) is 0 Å². The van der Waals surface area contributed by atoms with E-state index in [1.54, 1.807) is 4.72 Å². The molecule has 0 bridgehead atoms. The molecule has 0 fully saturated rings. The Morgan fingerprint density at radius 2 is 2.04 bits per heavy atom.